The maximum Gasteiger partial charge on any atom is 0.332 e. The summed E-state index contributed by atoms with van der Waals surface area (Å²) in [5.41, 5.74) is 1.40. The van der Waals surface area contributed by atoms with Crippen molar-refractivity contribution in [2.24, 2.45) is 14.1 Å². The Morgan fingerprint density at radius 1 is 1.32 bits per heavy atom. The monoisotopic (exact) mass is 346 g/mol. The van der Waals surface area contributed by atoms with Crippen LogP contribution in [0.3, 0.4) is 0 Å². The van der Waals surface area contributed by atoms with Crippen molar-refractivity contribution in [2.45, 2.75) is 32.9 Å². The molecule has 1 unspecified atom stereocenters. The second kappa shape index (κ2) is 6.51. The lowest BCUT2D eigenvalue weighted by molar-refractivity contribution is 0.649. The van der Waals surface area contributed by atoms with Crippen LogP contribution >= 0.6 is 0 Å². The Hall–Kier alpha value is -2.35. The van der Waals surface area contributed by atoms with Crippen LogP contribution in [-0.2, 0) is 20.6 Å². The van der Waals surface area contributed by atoms with E-state index < -0.39 is 0 Å². The molecule has 0 spiro atoms. The van der Waals surface area contributed by atoms with Crippen molar-refractivity contribution >= 4 is 17.1 Å². The average Bonchev–Trinajstić information content (AvgIpc) is 3.23. The van der Waals surface area contributed by atoms with Gasteiger partial charge in [0, 0.05) is 40.3 Å². The van der Waals surface area contributed by atoms with E-state index >= 15 is 0 Å². The first-order chi connectivity index (χ1) is 11.8. The maximum atomic E-state index is 12.8. The molecule has 8 heteroatoms. The number of likely N-dealkylation sites (N-methyl/N-ethyl adjacent to an activating group) is 1. The van der Waals surface area contributed by atoms with Crippen LogP contribution in [0.1, 0.15) is 20.3 Å². The Balaban J connectivity index is 2.28. The van der Waals surface area contributed by atoms with Crippen molar-refractivity contribution in [1.29, 1.82) is 0 Å². The van der Waals surface area contributed by atoms with Gasteiger partial charge >= 0.3 is 5.69 Å². The zero-order valence-corrected chi connectivity index (χ0v) is 15.5. The molecule has 0 aromatic carbocycles. The summed E-state index contributed by atoms with van der Waals surface area (Å²) in [7, 11) is 5.16. The third-order valence-corrected chi connectivity index (χ3v) is 4.91. The van der Waals surface area contributed by atoms with Crippen molar-refractivity contribution in [3.63, 3.8) is 0 Å². The van der Waals surface area contributed by atoms with Crippen molar-refractivity contribution in [2.75, 3.05) is 25.0 Å². The molecule has 1 N–H and O–H groups in total. The predicted molar refractivity (Wildman–Crippen MR) is 99.3 cm³/mol. The lowest BCUT2D eigenvalue weighted by Gasteiger charge is -2.25. The van der Waals surface area contributed by atoms with Crippen molar-refractivity contribution in [1.82, 2.24) is 24.0 Å². The van der Waals surface area contributed by atoms with Gasteiger partial charge in [-0.1, -0.05) is 11.6 Å². The Morgan fingerprint density at radius 3 is 2.64 bits per heavy atom. The predicted octanol–water partition coefficient (Wildman–Crippen LogP) is 0.198. The molecular weight excluding hydrogens is 320 g/mol. The molecule has 1 aliphatic rings. The third kappa shape index (κ3) is 2.90. The highest BCUT2D eigenvalue weighted by molar-refractivity contribution is 5.74. The minimum atomic E-state index is -0.360. The first-order valence-electron chi connectivity index (χ1n) is 8.56. The highest BCUT2D eigenvalue weighted by Crippen LogP contribution is 2.22. The Morgan fingerprint density at radius 2 is 2.04 bits per heavy atom. The topological polar surface area (TPSA) is 77.1 Å². The summed E-state index contributed by atoms with van der Waals surface area (Å²) in [6.45, 7) is 6.46. The SMILES string of the molecule is CC(C)=CCn1c(N(C)C2CCNC2)nc2c1c(=O)n(C)c(=O)n2C. The summed E-state index contributed by atoms with van der Waals surface area (Å²) in [5, 5.41) is 3.36. The summed E-state index contributed by atoms with van der Waals surface area (Å²) in [5.74, 6) is 0.722. The van der Waals surface area contributed by atoms with E-state index in [9.17, 15) is 9.59 Å². The van der Waals surface area contributed by atoms with Gasteiger partial charge in [-0.2, -0.15) is 4.98 Å². The first-order valence-corrected chi connectivity index (χ1v) is 8.56. The number of imidazole rings is 1. The van der Waals surface area contributed by atoms with Crippen LogP contribution < -0.4 is 21.5 Å². The number of fused-ring (bicyclic) bond motifs is 1. The fourth-order valence-electron chi connectivity index (χ4n) is 3.28. The third-order valence-electron chi connectivity index (χ3n) is 4.91. The van der Waals surface area contributed by atoms with E-state index in [4.69, 9.17) is 0 Å². The average molecular weight is 346 g/mol. The number of hydrogen-bond acceptors (Lipinski definition) is 5. The van der Waals surface area contributed by atoms with Crippen LogP contribution in [-0.4, -0.2) is 44.9 Å². The molecule has 1 fully saturated rings. The number of allylic oxidation sites excluding steroid dienone is 2. The lowest BCUT2D eigenvalue weighted by atomic mass is 10.2. The van der Waals surface area contributed by atoms with Crippen LogP contribution in [0.2, 0.25) is 0 Å². The minimum Gasteiger partial charge on any atom is -0.341 e. The highest BCUT2D eigenvalue weighted by atomic mass is 16.2. The highest BCUT2D eigenvalue weighted by Gasteiger charge is 2.26. The Kier molecular flexibility index (Phi) is 4.55. The fraction of sp³-hybridized carbons (Fsp3) is 0.588. The molecule has 136 valence electrons. The molecule has 3 heterocycles. The van der Waals surface area contributed by atoms with Crippen molar-refractivity contribution in [3.8, 4) is 0 Å². The second-order valence-electron chi connectivity index (χ2n) is 6.94. The number of nitrogens with one attached hydrogen (secondary N) is 1. The molecule has 0 saturated carbocycles. The van der Waals surface area contributed by atoms with Crippen LogP contribution in [0.5, 0.6) is 0 Å². The quantitative estimate of drug-likeness (QED) is 0.800. The molecular formula is C17H26N6O2. The van der Waals surface area contributed by atoms with E-state index in [0.717, 1.165) is 30.0 Å². The van der Waals surface area contributed by atoms with Gasteiger partial charge in [0.05, 0.1) is 0 Å². The number of aryl methyl sites for hydroxylation is 1. The summed E-state index contributed by atoms with van der Waals surface area (Å²) in [6, 6.07) is 0.322. The van der Waals surface area contributed by atoms with Crippen LogP contribution in [0.15, 0.2) is 21.2 Å². The first kappa shape index (κ1) is 17.5. The van der Waals surface area contributed by atoms with Crippen molar-refractivity contribution < 1.29 is 0 Å². The largest absolute Gasteiger partial charge is 0.341 e. The molecule has 0 amide bonds. The van der Waals surface area contributed by atoms with E-state index in [1.54, 1.807) is 7.05 Å². The van der Waals surface area contributed by atoms with Gasteiger partial charge in [0.15, 0.2) is 11.2 Å². The van der Waals surface area contributed by atoms with E-state index in [0.29, 0.717) is 23.8 Å². The summed E-state index contributed by atoms with van der Waals surface area (Å²) in [4.78, 5) is 31.8. The Bertz CT molecular complexity index is 939. The normalized spacial score (nSPS) is 17.2. The van der Waals surface area contributed by atoms with Gasteiger partial charge in [0.2, 0.25) is 5.95 Å². The fourth-order valence-corrected chi connectivity index (χ4v) is 3.28. The summed E-state index contributed by atoms with van der Waals surface area (Å²) in [6.07, 6.45) is 3.09. The maximum absolute atomic E-state index is 12.8. The molecule has 1 atom stereocenters. The minimum absolute atomic E-state index is 0.308. The van der Waals surface area contributed by atoms with Gasteiger partial charge < -0.3 is 14.8 Å². The summed E-state index contributed by atoms with van der Waals surface area (Å²) < 4.78 is 4.51. The van der Waals surface area contributed by atoms with Gasteiger partial charge in [-0.15, -0.1) is 0 Å². The lowest BCUT2D eigenvalue weighted by Crippen LogP contribution is -2.37. The van der Waals surface area contributed by atoms with E-state index in [-0.39, 0.29) is 11.2 Å². The number of nitrogens with zero attached hydrogens (tertiary/aromatic N) is 5. The molecule has 8 nitrogen and oxygen atoms in total. The van der Waals surface area contributed by atoms with Gasteiger partial charge in [-0.25, -0.2) is 4.79 Å². The van der Waals surface area contributed by atoms with Crippen LogP contribution in [0.25, 0.3) is 11.2 Å². The number of rotatable bonds is 4. The molecule has 0 radical (unpaired) electrons. The van der Waals surface area contributed by atoms with Gasteiger partial charge in [0.25, 0.3) is 5.56 Å². The number of anilines is 1. The smallest absolute Gasteiger partial charge is 0.332 e. The Labute approximate surface area is 146 Å². The standard InChI is InChI=1S/C17H26N6O2/c1-11(2)7-9-23-13-14(21(4)17(25)22(5)15(13)24)19-16(23)20(3)12-6-8-18-10-12/h7,12,18H,6,8-10H2,1-5H3. The zero-order valence-electron chi connectivity index (χ0n) is 15.5. The zero-order chi connectivity index (χ0) is 18.3. The number of hydrogen-bond donors (Lipinski definition) is 1. The van der Waals surface area contributed by atoms with E-state index in [1.807, 2.05) is 25.5 Å². The molecule has 3 rings (SSSR count). The molecule has 0 aliphatic carbocycles. The second-order valence-corrected chi connectivity index (χ2v) is 6.94. The summed E-state index contributed by atoms with van der Waals surface area (Å²) >= 11 is 0. The molecule has 0 bridgehead atoms. The van der Waals surface area contributed by atoms with Gasteiger partial charge in [-0.3, -0.25) is 13.9 Å². The van der Waals surface area contributed by atoms with Crippen LogP contribution in [0.4, 0.5) is 5.95 Å². The van der Waals surface area contributed by atoms with E-state index in [1.165, 1.54) is 17.2 Å². The molecule has 2 aromatic rings. The molecule has 1 saturated heterocycles. The van der Waals surface area contributed by atoms with Gasteiger partial charge in [0.1, 0.15) is 0 Å². The molecule has 25 heavy (non-hydrogen) atoms. The van der Waals surface area contributed by atoms with Crippen molar-refractivity contribution in [3.05, 3.63) is 32.5 Å². The molecule has 2 aromatic heterocycles. The number of aromatic nitrogens is 4. The van der Waals surface area contributed by atoms with E-state index in [2.05, 4.69) is 21.3 Å². The van der Waals surface area contributed by atoms with Gasteiger partial charge in [-0.05, 0) is 26.8 Å². The molecule has 1 aliphatic heterocycles. The van der Waals surface area contributed by atoms with Crippen LogP contribution in [0, 0.1) is 0 Å².